The van der Waals surface area contributed by atoms with E-state index >= 15 is 0 Å². The van der Waals surface area contributed by atoms with E-state index < -0.39 is 0 Å². The smallest absolute Gasteiger partial charge is 0.0655 e. The molecule has 4 bridgehead atoms. The molecule has 21 heavy (non-hydrogen) atoms. The fourth-order valence-corrected chi connectivity index (χ4v) is 7.21. The quantitative estimate of drug-likeness (QED) is 0.573. The van der Waals surface area contributed by atoms with Crippen LogP contribution in [0.2, 0.25) is 11.6 Å². The summed E-state index contributed by atoms with van der Waals surface area (Å²) in [5, 5.41) is 0. The third-order valence-electron chi connectivity index (χ3n) is 9.32. The number of hydrogen-bond donors (Lipinski definition) is 0. The molecule has 0 aromatic heterocycles. The molecule has 0 nitrogen and oxygen atoms in total. The Hall–Kier alpha value is 0.0649. The van der Waals surface area contributed by atoms with Gasteiger partial charge in [-0.25, -0.2) is 0 Å². The molecule has 6 saturated carbocycles. The molecular weight excluding hydrogens is 251 g/mol. The van der Waals surface area contributed by atoms with Crippen LogP contribution in [0, 0.1) is 46.3 Å². The van der Waals surface area contributed by atoms with E-state index in [1.54, 1.807) is 0 Å². The first kappa shape index (κ1) is 14.6. The van der Waals surface area contributed by atoms with Crippen molar-refractivity contribution in [2.75, 3.05) is 0 Å². The largest absolute Gasteiger partial charge is 0.118 e. The van der Waals surface area contributed by atoms with Crippen molar-refractivity contribution >= 4 is 7.28 Å². The van der Waals surface area contributed by atoms with Crippen LogP contribution in [0.1, 0.15) is 67.2 Å². The molecule has 6 aliphatic carbocycles. The van der Waals surface area contributed by atoms with Gasteiger partial charge in [-0.1, -0.05) is 66.0 Å². The van der Waals surface area contributed by atoms with Gasteiger partial charge in [0, 0.05) is 0 Å². The summed E-state index contributed by atoms with van der Waals surface area (Å²) >= 11 is 0. The van der Waals surface area contributed by atoms with Crippen LogP contribution in [0.4, 0.5) is 0 Å². The van der Waals surface area contributed by atoms with Crippen molar-refractivity contribution in [2.24, 2.45) is 46.3 Å². The summed E-state index contributed by atoms with van der Waals surface area (Å²) in [6, 6.07) is 0. The van der Waals surface area contributed by atoms with Gasteiger partial charge in [0.05, 0.1) is 0 Å². The lowest BCUT2D eigenvalue weighted by Gasteiger charge is -2.65. The molecule has 2 unspecified atom stereocenters. The average Bonchev–Trinajstić information content (AvgIpc) is 2.41. The van der Waals surface area contributed by atoms with Gasteiger partial charge in [-0.3, -0.25) is 0 Å². The summed E-state index contributed by atoms with van der Waals surface area (Å²) in [5.74, 6) is 7.76. The summed E-state index contributed by atoms with van der Waals surface area (Å²) < 4.78 is 0. The molecule has 0 spiro atoms. The van der Waals surface area contributed by atoms with Crippen LogP contribution >= 0.6 is 0 Å². The maximum Gasteiger partial charge on any atom is 0.118 e. The Bertz CT molecular complexity index is 397. The minimum atomic E-state index is 0.645. The van der Waals surface area contributed by atoms with Gasteiger partial charge in [0.15, 0.2) is 0 Å². The van der Waals surface area contributed by atoms with Gasteiger partial charge >= 0.3 is 0 Å². The Balaban J connectivity index is 1.42. The summed E-state index contributed by atoms with van der Waals surface area (Å²) in [6.07, 6.45) is 6.03. The number of rotatable bonds is 2. The Kier molecular flexibility index (Phi) is 3.02. The van der Waals surface area contributed by atoms with Crippen molar-refractivity contribution in [1.29, 1.82) is 0 Å². The second-order valence-electron chi connectivity index (χ2n) is 10.4. The number of fused-ring (bicyclic) bond motifs is 4. The first-order valence-electron chi connectivity index (χ1n) is 9.58. The molecule has 0 amide bonds. The van der Waals surface area contributed by atoms with Crippen LogP contribution in [0.5, 0.6) is 0 Å². The molecule has 8 atom stereocenters. The van der Waals surface area contributed by atoms with E-state index in [2.05, 4.69) is 48.8 Å². The molecule has 117 valence electrons. The van der Waals surface area contributed by atoms with Crippen molar-refractivity contribution in [1.82, 2.24) is 0 Å². The number of hydrogen-bond acceptors (Lipinski definition) is 0. The van der Waals surface area contributed by atoms with E-state index in [9.17, 15) is 0 Å². The second-order valence-corrected chi connectivity index (χ2v) is 10.4. The molecule has 6 aliphatic rings. The molecule has 0 aliphatic heterocycles. The maximum atomic E-state index is 2.86. The van der Waals surface area contributed by atoms with Crippen molar-refractivity contribution in [3.8, 4) is 0 Å². The van der Waals surface area contributed by atoms with Gasteiger partial charge in [0.2, 0.25) is 0 Å². The van der Waals surface area contributed by atoms with Crippen molar-refractivity contribution in [3.63, 3.8) is 0 Å². The lowest BCUT2D eigenvalue weighted by atomic mass is 9.31. The Morgan fingerprint density at radius 2 is 1.05 bits per heavy atom. The molecule has 0 saturated heterocycles. The van der Waals surface area contributed by atoms with Gasteiger partial charge < -0.3 is 0 Å². The highest BCUT2D eigenvalue weighted by Crippen LogP contribution is 2.68. The minimum absolute atomic E-state index is 0.645. The highest BCUT2D eigenvalue weighted by atomic mass is 14.6. The standard InChI is InChI=1S/C20H34B/c1-11-15-7-13(19(15,3)4)9-17(11)21-18-10-14-8-16(12(18)2)20(14,5)6/h11-18H,7-10H2,1-6H3/t11-,12-,13+,14+,15-,16-,17?,18?/m1/s1. The maximum absolute atomic E-state index is 2.86. The van der Waals surface area contributed by atoms with E-state index in [0.29, 0.717) is 10.8 Å². The third-order valence-corrected chi connectivity index (χ3v) is 9.32. The highest BCUT2D eigenvalue weighted by molar-refractivity contribution is 6.40. The summed E-state index contributed by atoms with van der Waals surface area (Å²) in [6.45, 7) is 15.2. The first-order chi connectivity index (χ1) is 9.73. The average molecular weight is 285 g/mol. The molecule has 1 radical (unpaired) electrons. The lowest BCUT2D eigenvalue weighted by Crippen LogP contribution is -2.57. The normalized spacial score (nSPS) is 56.1. The SMILES string of the molecule is C[C@H]1C([B]C2C[C@@H]3C[C@H]([C@H]2C)C3(C)C)C[C@@H]2C[C@H]1C2(C)C. The van der Waals surface area contributed by atoms with E-state index in [1.165, 1.54) is 25.7 Å². The van der Waals surface area contributed by atoms with Crippen molar-refractivity contribution in [2.45, 2.75) is 78.9 Å². The summed E-state index contributed by atoms with van der Waals surface area (Å²) in [7, 11) is 2.86. The first-order valence-corrected chi connectivity index (χ1v) is 9.58. The zero-order valence-corrected chi connectivity index (χ0v) is 15.0. The molecule has 0 N–H and O–H groups in total. The molecule has 1 heteroatoms. The van der Waals surface area contributed by atoms with Crippen LogP contribution in [0.3, 0.4) is 0 Å². The van der Waals surface area contributed by atoms with Gasteiger partial charge in [-0.2, -0.15) is 0 Å². The van der Waals surface area contributed by atoms with Gasteiger partial charge in [0.25, 0.3) is 0 Å². The monoisotopic (exact) mass is 285 g/mol. The van der Waals surface area contributed by atoms with Crippen LogP contribution in [-0.2, 0) is 0 Å². The predicted molar refractivity (Wildman–Crippen MR) is 91.6 cm³/mol. The molecule has 0 aromatic rings. The zero-order chi connectivity index (χ0) is 15.2. The Morgan fingerprint density at radius 1 is 0.667 bits per heavy atom. The van der Waals surface area contributed by atoms with E-state index in [1.807, 2.05) is 0 Å². The Labute approximate surface area is 133 Å². The lowest BCUT2D eigenvalue weighted by molar-refractivity contribution is -0.106. The van der Waals surface area contributed by atoms with Gasteiger partial charge in [0.1, 0.15) is 7.28 Å². The molecule has 0 aromatic carbocycles. The van der Waals surface area contributed by atoms with E-state index in [-0.39, 0.29) is 0 Å². The minimum Gasteiger partial charge on any atom is -0.0655 e. The molecular formula is C20H34B. The summed E-state index contributed by atoms with van der Waals surface area (Å²) in [5.41, 5.74) is 1.29. The molecule has 6 rings (SSSR count). The van der Waals surface area contributed by atoms with Crippen LogP contribution < -0.4 is 0 Å². The van der Waals surface area contributed by atoms with E-state index in [4.69, 9.17) is 0 Å². The predicted octanol–water partition coefficient (Wildman–Crippen LogP) is 5.67. The van der Waals surface area contributed by atoms with Gasteiger partial charge in [-0.05, 0) is 59.2 Å². The fourth-order valence-electron chi connectivity index (χ4n) is 7.21. The van der Waals surface area contributed by atoms with Crippen molar-refractivity contribution in [3.05, 3.63) is 0 Å². The van der Waals surface area contributed by atoms with E-state index in [0.717, 1.165) is 47.1 Å². The fraction of sp³-hybridized carbons (Fsp3) is 1.00. The molecule has 6 fully saturated rings. The Morgan fingerprint density at radius 3 is 1.33 bits per heavy atom. The third kappa shape index (κ3) is 1.81. The topological polar surface area (TPSA) is 0 Å². The van der Waals surface area contributed by atoms with Crippen LogP contribution in [-0.4, -0.2) is 7.28 Å². The van der Waals surface area contributed by atoms with Crippen LogP contribution in [0.15, 0.2) is 0 Å². The second kappa shape index (κ2) is 4.32. The van der Waals surface area contributed by atoms with Crippen LogP contribution in [0.25, 0.3) is 0 Å². The van der Waals surface area contributed by atoms with Gasteiger partial charge in [-0.15, -0.1) is 0 Å². The van der Waals surface area contributed by atoms with Crippen molar-refractivity contribution < 1.29 is 0 Å². The molecule has 0 heterocycles. The summed E-state index contributed by atoms with van der Waals surface area (Å²) in [4.78, 5) is 0. The highest BCUT2D eigenvalue weighted by Gasteiger charge is 2.59. The zero-order valence-electron chi connectivity index (χ0n) is 15.0.